The van der Waals surface area contributed by atoms with Gasteiger partial charge in [-0.1, -0.05) is 0 Å². The van der Waals surface area contributed by atoms with Crippen molar-refractivity contribution in [3.63, 3.8) is 0 Å². The number of rotatable bonds is 5. The summed E-state index contributed by atoms with van der Waals surface area (Å²) in [5.41, 5.74) is 6.24. The Hall–Kier alpha value is -1.75. The molecule has 0 unspecified atom stereocenters. The highest BCUT2D eigenvalue weighted by molar-refractivity contribution is 5.91. The summed E-state index contributed by atoms with van der Waals surface area (Å²) in [6.07, 6.45) is 0. The first-order valence-electron chi connectivity index (χ1n) is 6.59. The van der Waals surface area contributed by atoms with Crippen LogP contribution in [-0.2, 0) is 4.74 Å². The van der Waals surface area contributed by atoms with Crippen molar-refractivity contribution >= 4 is 11.7 Å². The van der Waals surface area contributed by atoms with Gasteiger partial charge in [0.2, 0.25) is 0 Å². The molecule has 0 saturated heterocycles. The molecule has 0 fully saturated rings. The third kappa shape index (κ3) is 5.48. The largest absolute Gasteiger partial charge is 0.490 e. The number of carbonyl (C=O) groups is 1. The van der Waals surface area contributed by atoms with Crippen molar-refractivity contribution in [2.24, 2.45) is 0 Å². The summed E-state index contributed by atoms with van der Waals surface area (Å²) in [6.45, 7) is 6.82. The molecule has 5 nitrogen and oxygen atoms in total. The molecule has 112 valence electrons. The van der Waals surface area contributed by atoms with Crippen molar-refractivity contribution in [3.05, 3.63) is 23.8 Å². The average Bonchev–Trinajstić information content (AvgIpc) is 2.28. The maximum atomic E-state index is 11.9. The van der Waals surface area contributed by atoms with Gasteiger partial charge in [-0.2, -0.15) is 0 Å². The van der Waals surface area contributed by atoms with Gasteiger partial charge in [0.05, 0.1) is 11.3 Å². The number of benzene rings is 1. The Balaban J connectivity index is 2.70. The lowest BCUT2D eigenvalue weighted by Gasteiger charge is -2.20. The number of likely N-dealkylation sites (N-methyl/N-ethyl adjacent to an activating group) is 1. The van der Waals surface area contributed by atoms with Crippen LogP contribution in [0.4, 0.5) is 5.69 Å². The van der Waals surface area contributed by atoms with E-state index < -0.39 is 5.60 Å². The Bertz CT molecular complexity index is 465. The Labute approximate surface area is 120 Å². The molecule has 0 aliphatic heterocycles. The quantitative estimate of drug-likeness (QED) is 0.661. The van der Waals surface area contributed by atoms with Crippen LogP contribution >= 0.6 is 0 Å². The fourth-order valence-corrected chi connectivity index (χ4v) is 1.48. The van der Waals surface area contributed by atoms with Crippen molar-refractivity contribution in [1.82, 2.24) is 4.90 Å². The maximum absolute atomic E-state index is 11.9. The minimum Gasteiger partial charge on any atom is -0.490 e. The normalized spacial score (nSPS) is 11.5. The summed E-state index contributed by atoms with van der Waals surface area (Å²) in [4.78, 5) is 13.9. The number of nitrogens with two attached hydrogens (primary N) is 1. The van der Waals surface area contributed by atoms with Gasteiger partial charge in [-0.05, 0) is 53.1 Å². The van der Waals surface area contributed by atoms with E-state index in [1.165, 1.54) is 0 Å². The molecule has 0 aromatic heterocycles. The fraction of sp³-hybridized carbons (Fsp3) is 0.533. The van der Waals surface area contributed by atoms with Gasteiger partial charge in [-0.25, -0.2) is 4.79 Å². The third-order valence-electron chi connectivity index (χ3n) is 2.44. The molecule has 2 N–H and O–H groups in total. The number of nitrogens with zero attached hydrogens (tertiary/aromatic N) is 1. The second-order valence-corrected chi connectivity index (χ2v) is 5.91. The highest BCUT2D eigenvalue weighted by Gasteiger charge is 2.18. The van der Waals surface area contributed by atoms with Gasteiger partial charge in [0.1, 0.15) is 18.0 Å². The second kappa shape index (κ2) is 6.61. The van der Waals surface area contributed by atoms with Crippen LogP contribution in [-0.4, -0.2) is 43.7 Å². The van der Waals surface area contributed by atoms with Gasteiger partial charge in [0.15, 0.2) is 0 Å². The number of nitrogen functional groups attached to an aromatic ring is 1. The van der Waals surface area contributed by atoms with Gasteiger partial charge in [-0.3, -0.25) is 0 Å². The van der Waals surface area contributed by atoms with Crippen LogP contribution in [0.2, 0.25) is 0 Å². The monoisotopic (exact) mass is 280 g/mol. The SMILES string of the molecule is CN(C)CCOc1ccc(C(=O)OC(C)(C)C)cc1N. The van der Waals surface area contributed by atoms with Gasteiger partial charge >= 0.3 is 5.97 Å². The number of esters is 1. The summed E-state index contributed by atoms with van der Waals surface area (Å²) < 4.78 is 10.9. The number of hydrogen-bond donors (Lipinski definition) is 1. The van der Waals surface area contributed by atoms with Gasteiger partial charge in [0, 0.05) is 6.54 Å². The lowest BCUT2D eigenvalue weighted by Crippen LogP contribution is -2.24. The van der Waals surface area contributed by atoms with Crippen LogP contribution in [0.15, 0.2) is 18.2 Å². The molecule has 0 spiro atoms. The first kappa shape index (κ1) is 16.3. The number of hydrogen-bond acceptors (Lipinski definition) is 5. The zero-order chi connectivity index (χ0) is 15.3. The van der Waals surface area contributed by atoms with Crippen LogP contribution in [0, 0.1) is 0 Å². The molecule has 0 heterocycles. The minimum absolute atomic E-state index is 0.385. The fourth-order valence-electron chi connectivity index (χ4n) is 1.48. The van der Waals surface area contributed by atoms with E-state index in [0.29, 0.717) is 23.6 Å². The van der Waals surface area contributed by atoms with E-state index in [4.69, 9.17) is 15.2 Å². The molecule has 0 radical (unpaired) electrons. The molecule has 5 heteroatoms. The number of carbonyl (C=O) groups excluding carboxylic acids is 1. The standard InChI is InChI=1S/C15H24N2O3/c1-15(2,3)20-14(18)11-6-7-13(12(16)10-11)19-9-8-17(4)5/h6-7,10H,8-9,16H2,1-5H3. The third-order valence-corrected chi connectivity index (χ3v) is 2.44. The van der Waals surface area contributed by atoms with Crippen LogP contribution < -0.4 is 10.5 Å². The molecule has 1 aromatic rings. The van der Waals surface area contributed by atoms with E-state index in [0.717, 1.165) is 6.54 Å². The van der Waals surface area contributed by atoms with E-state index in [1.54, 1.807) is 18.2 Å². The van der Waals surface area contributed by atoms with Crippen molar-refractivity contribution < 1.29 is 14.3 Å². The molecule has 1 rings (SSSR count). The first-order valence-corrected chi connectivity index (χ1v) is 6.59. The van der Waals surface area contributed by atoms with E-state index in [2.05, 4.69) is 0 Å². The molecule has 0 saturated carbocycles. The predicted octanol–water partition coefficient (Wildman–Crippen LogP) is 2.16. The highest BCUT2D eigenvalue weighted by Crippen LogP contribution is 2.23. The van der Waals surface area contributed by atoms with E-state index in [1.807, 2.05) is 39.8 Å². The van der Waals surface area contributed by atoms with Crippen LogP contribution in [0.3, 0.4) is 0 Å². The zero-order valence-corrected chi connectivity index (χ0v) is 12.9. The Morgan fingerprint density at radius 2 is 1.95 bits per heavy atom. The summed E-state index contributed by atoms with van der Waals surface area (Å²) in [7, 11) is 3.94. The van der Waals surface area contributed by atoms with Crippen LogP contribution in [0.1, 0.15) is 31.1 Å². The summed E-state index contributed by atoms with van der Waals surface area (Å²) in [5, 5.41) is 0. The molecule has 1 aromatic carbocycles. The lowest BCUT2D eigenvalue weighted by atomic mass is 10.1. The van der Waals surface area contributed by atoms with E-state index in [-0.39, 0.29) is 5.97 Å². The molecule has 0 bridgehead atoms. The average molecular weight is 280 g/mol. The summed E-state index contributed by atoms with van der Waals surface area (Å²) >= 11 is 0. The molecule has 0 aliphatic rings. The minimum atomic E-state index is -0.521. The van der Waals surface area contributed by atoms with Gasteiger partial charge < -0.3 is 20.1 Å². The Kier molecular flexibility index (Phi) is 5.39. The molecule has 0 amide bonds. The van der Waals surface area contributed by atoms with Gasteiger partial charge in [0.25, 0.3) is 0 Å². The van der Waals surface area contributed by atoms with Crippen molar-refractivity contribution in [1.29, 1.82) is 0 Å². The summed E-state index contributed by atoms with van der Waals surface area (Å²) in [6, 6.07) is 4.94. The number of anilines is 1. The van der Waals surface area contributed by atoms with Crippen LogP contribution in [0.5, 0.6) is 5.75 Å². The zero-order valence-electron chi connectivity index (χ0n) is 12.9. The molecule has 0 atom stereocenters. The van der Waals surface area contributed by atoms with Crippen molar-refractivity contribution in [2.45, 2.75) is 26.4 Å². The van der Waals surface area contributed by atoms with E-state index >= 15 is 0 Å². The van der Waals surface area contributed by atoms with Crippen LogP contribution in [0.25, 0.3) is 0 Å². The van der Waals surface area contributed by atoms with Crippen molar-refractivity contribution in [3.8, 4) is 5.75 Å². The lowest BCUT2D eigenvalue weighted by molar-refractivity contribution is 0.00696. The molecular weight excluding hydrogens is 256 g/mol. The second-order valence-electron chi connectivity index (χ2n) is 5.91. The topological polar surface area (TPSA) is 64.8 Å². The molecular formula is C15H24N2O3. The first-order chi connectivity index (χ1) is 9.19. The van der Waals surface area contributed by atoms with E-state index in [9.17, 15) is 4.79 Å². The molecule has 20 heavy (non-hydrogen) atoms. The van der Waals surface area contributed by atoms with Crippen molar-refractivity contribution in [2.75, 3.05) is 33.0 Å². The molecule has 0 aliphatic carbocycles. The Morgan fingerprint density at radius 1 is 1.30 bits per heavy atom. The predicted molar refractivity (Wildman–Crippen MR) is 80.1 cm³/mol. The number of ether oxygens (including phenoxy) is 2. The smallest absolute Gasteiger partial charge is 0.338 e. The summed E-state index contributed by atoms with van der Waals surface area (Å²) in [5.74, 6) is 0.197. The Morgan fingerprint density at radius 3 is 2.45 bits per heavy atom. The maximum Gasteiger partial charge on any atom is 0.338 e. The van der Waals surface area contributed by atoms with Gasteiger partial charge in [-0.15, -0.1) is 0 Å². The highest BCUT2D eigenvalue weighted by atomic mass is 16.6.